The fourth-order valence-corrected chi connectivity index (χ4v) is 4.92. The minimum absolute atomic E-state index is 0.0330. The molecule has 9 nitrogen and oxygen atoms in total. The molecule has 1 aliphatic rings. The summed E-state index contributed by atoms with van der Waals surface area (Å²) in [7, 11) is 0. The molecule has 3 rings (SSSR count). The maximum absolute atomic E-state index is 13.2. The average molecular weight is 534 g/mol. The second kappa shape index (κ2) is 14.2. The minimum atomic E-state index is -1.08. The molecule has 9 heteroatoms. The quantitative estimate of drug-likeness (QED) is 0.168. The predicted molar refractivity (Wildman–Crippen MR) is 145 cm³/mol. The van der Waals surface area contributed by atoms with Crippen molar-refractivity contribution in [3.8, 4) is 11.1 Å². The number of ether oxygens (including phenoxy) is 2. The molecule has 0 bridgehead atoms. The van der Waals surface area contributed by atoms with Crippen molar-refractivity contribution in [2.24, 2.45) is 11.8 Å². The Balaban J connectivity index is 1.67. The number of fused-ring (bicyclic) bond motifs is 3. The highest BCUT2D eigenvalue weighted by Crippen LogP contribution is 2.44. The summed E-state index contributed by atoms with van der Waals surface area (Å²) in [6, 6.07) is 15.0. The molecule has 2 aromatic rings. The van der Waals surface area contributed by atoms with E-state index in [1.54, 1.807) is 6.92 Å². The van der Waals surface area contributed by atoms with Crippen LogP contribution in [0, 0.1) is 11.8 Å². The normalized spacial score (nSPS) is 13.4. The highest BCUT2D eigenvalue weighted by molar-refractivity contribution is 6.25. The molecule has 0 aromatic heterocycles. The molecule has 1 amide bonds. The number of Topliss-reactive ketones (excluding diaryl/α,β-unsaturated/α-hetero) is 1. The molecule has 0 aliphatic heterocycles. The summed E-state index contributed by atoms with van der Waals surface area (Å²) in [5.41, 5.74) is 13.0. The van der Waals surface area contributed by atoms with Crippen LogP contribution >= 0.6 is 0 Å². The van der Waals surface area contributed by atoms with E-state index in [1.165, 1.54) is 0 Å². The number of ketones is 1. The number of hydrogen-bond acceptors (Lipinski definition) is 6. The van der Waals surface area contributed by atoms with E-state index in [1.807, 2.05) is 50.2 Å². The molecule has 0 saturated carbocycles. The lowest BCUT2D eigenvalue weighted by Crippen LogP contribution is -2.45. The van der Waals surface area contributed by atoms with Crippen LogP contribution in [0.15, 0.2) is 48.5 Å². The second-order valence-electron chi connectivity index (χ2n) is 10.0. The number of nitrogens with zero attached hydrogens (tertiary/aromatic N) is 2. The zero-order chi connectivity index (χ0) is 28.4. The molecule has 206 valence electrons. The Morgan fingerprint density at radius 2 is 1.62 bits per heavy atom. The van der Waals surface area contributed by atoms with Gasteiger partial charge in [0.1, 0.15) is 12.6 Å². The third kappa shape index (κ3) is 7.94. The summed E-state index contributed by atoms with van der Waals surface area (Å²) in [4.78, 5) is 53.0. The molecule has 39 heavy (non-hydrogen) atoms. The van der Waals surface area contributed by atoms with Crippen LogP contribution in [0.25, 0.3) is 16.7 Å². The van der Waals surface area contributed by atoms with Gasteiger partial charge in [0.25, 0.3) is 0 Å². The number of esters is 2. The Morgan fingerprint density at radius 1 is 1.00 bits per heavy atom. The lowest BCUT2D eigenvalue weighted by molar-refractivity contribution is -0.149. The third-order valence-corrected chi connectivity index (χ3v) is 6.68. The van der Waals surface area contributed by atoms with E-state index in [0.29, 0.717) is 6.42 Å². The first-order valence-electron chi connectivity index (χ1n) is 13.3. The zero-order valence-corrected chi connectivity index (χ0v) is 22.6. The van der Waals surface area contributed by atoms with Crippen molar-refractivity contribution in [3.63, 3.8) is 0 Å². The standard InChI is InChI=1S/C30H35N3O6/c1-4-38-30(37)27(14-13-21(34)17-32-31)33-29(36)20(15-19(2)3)16-28(35)39-18-26-24-11-7-5-9-22(24)23-10-6-8-12-25(23)26/h5-12,17,19-20,26-27H,4,13-16,18H2,1-3H3,(H,33,36)/t20-,27+/m1/s1. The number of carbonyl (C=O) groups is 4. The van der Waals surface area contributed by atoms with Gasteiger partial charge < -0.3 is 20.3 Å². The summed E-state index contributed by atoms with van der Waals surface area (Å²) < 4.78 is 10.8. The molecular weight excluding hydrogens is 498 g/mol. The number of rotatable bonds is 14. The van der Waals surface area contributed by atoms with Gasteiger partial charge in [-0.25, -0.2) is 4.79 Å². The maximum atomic E-state index is 13.2. The van der Waals surface area contributed by atoms with E-state index in [2.05, 4.69) is 22.2 Å². The van der Waals surface area contributed by atoms with Gasteiger partial charge in [0, 0.05) is 18.3 Å². The Bertz CT molecular complexity index is 1210. The zero-order valence-electron chi connectivity index (χ0n) is 22.6. The number of carbonyl (C=O) groups excluding carboxylic acids is 4. The van der Waals surface area contributed by atoms with Crippen LogP contribution in [0.4, 0.5) is 0 Å². The number of benzene rings is 2. The van der Waals surface area contributed by atoms with Crippen molar-refractivity contribution >= 4 is 29.8 Å². The summed E-state index contributed by atoms with van der Waals surface area (Å²) in [5.74, 6) is -2.88. The van der Waals surface area contributed by atoms with Gasteiger partial charge >= 0.3 is 18.2 Å². The van der Waals surface area contributed by atoms with Gasteiger partial charge in [-0.05, 0) is 47.9 Å². The van der Waals surface area contributed by atoms with Crippen LogP contribution < -0.4 is 5.32 Å². The summed E-state index contributed by atoms with van der Waals surface area (Å²) >= 11 is 0. The van der Waals surface area contributed by atoms with Crippen LogP contribution in [0.3, 0.4) is 0 Å². The molecule has 1 N–H and O–H groups in total. The summed E-state index contributed by atoms with van der Waals surface area (Å²) in [5, 5.41) is 2.65. The molecular formula is C30H35N3O6. The first kappa shape index (κ1) is 29.5. The Labute approximate surface area is 228 Å². The fourth-order valence-electron chi connectivity index (χ4n) is 4.92. The van der Waals surface area contributed by atoms with Crippen LogP contribution in [-0.2, 0) is 28.7 Å². The number of hydrogen-bond donors (Lipinski definition) is 1. The molecule has 0 unspecified atom stereocenters. The van der Waals surface area contributed by atoms with Crippen LogP contribution in [-0.4, -0.2) is 53.9 Å². The van der Waals surface area contributed by atoms with Crippen molar-refractivity contribution in [1.29, 1.82) is 0 Å². The predicted octanol–water partition coefficient (Wildman–Crippen LogP) is 4.09. The largest absolute Gasteiger partial charge is 0.465 e. The highest BCUT2D eigenvalue weighted by atomic mass is 16.5. The summed E-state index contributed by atoms with van der Waals surface area (Å²) in [6.07, 6.45) is 0.833. The van der Waals surface area contributed by atoms with Gasteiger partial charge in [-0.3, -0.25) is 14.4 Å². The van der Waals surface area contributed by atoms with Crippen molar-refractivity contribution in [1.82, 2.24) is 5.32 Å². The Morgan fingerprint density at radius 3 is 2.18 bits per heavy atom. The molecule has 0 spiro atoms. The first-order valence-corrected chi connectivity index (χ1v) is 13.3. The lowest BCUT2D eigenvalue weighted by Gasteiger charge is -2.22. The average Bonchev–Trinajstić information content (AvgIpc) is 3.23. The van der Waals surface area contributed by atoms with E-state index in [9.17, 15) is 19.2 Å². The van der Waals surface area contributed by atoms with Gasteiger partial charge in [0.15, 0.2) is 0 Å². The molecule has 0 saturated heterocycles. The second-order valence-corrected chi connectivity index (χ2v) is 10.0. The van der Waals surface area contributed by atoms with E-state index in [-0.39, 0.29) is 44.3 Å². The third-order valence-electron chi connectivity index (χ3n) is 6.68. The van der Waals surface area contributed by atoms with Gasteiger partial charge in [-0.1, -0.05) is 62.4 Å². The van der Waals surface area contributed by atoms with Crippen molar-refractivity contribution in [3.05, 3.63) is 65.2 Å². The Kier molecular flexibility index (Phi) is 10.7. The van der Waals surface area contributed by atoms with Gasteiger partial charge in [0.2, 0.25) is 11.7 Å². The molecule has 0 radical (unpaired) electrons. The number of nitrogens with one attached hydrogen (secondary N) is 1. The molecule has 1 aliphatic carbocycles. The molecule has 0 heterocycles. The van der Waals surface area contributed by atoms with E-state index >= 15 is 0 Å². The molecule has 2 atom stereocenters. The first-order chi connectivity index (χ1) is 18.7. The minimum Gasteiger partial charge on any atom is -0.465 e. The van der Waals surface area contributed by atoms with Gasteiger partial charge in [-0.2, -0.15) is 4.79 Å². The number of amides is 1. The summed E-state index contributed by atoms with van der Waals surface area (Å²) in [6.45, 7) is 5.77. The maximum Gasteiger partial charge on any atom is 0.328 e. The van der Waals surface area contributed by atoms with Crippen LogP contribution in [0.1, 0.15) is 63.5 Å². The SMILES string of the molecule is CCOC(=O)[C@H](CCC(=O)C=[N+]=[N-])NC(=O)[C@@H](CC(=O)OCC1c2ccccc2-c2ccccc21)CC(C)C. The van der Waals surface area contributed by atoms with Crippen molar-refractivity contribution in [2.45, 2.75) is 58.4 Å². The molecule has 0 fully saturated rings. The Hall–Kier alpha value is -4.10. The van der Waals surface area contributed by atoms with E-state index in [0.717, 1.165) is 28.5 Å². The smallest absolute Gasteiger partial charge is 0.328 e. The fraction of sp³-hybridized carbons (Fsp3) is 0.433. The van der Waals surface area contributed by atoms with Crippen molar-refractivity contribution < 1.29 is 33.4 Å². The van der Waals surface area contributed by atoms with E-state index in [4.69, 9.17) is 15.0 Å². The van der Waals surface area contributed by atoms with Gasteiger partial charge in [-0.15, -0.1) is 0 Å². The van der Waals surface area contributed by atoms with Crippen molar-refractivity contribution in [2.75, 3.05) is 13.2 Å². The molecule has 2 aromatic carbocycles. The van der Waals surface area contributed by atoms with Crippen LogP contribution in [0.2, 0.25) is 0 Å². The highest BCUT2D eigenvalue weighted by Gasteiger charge is 2.32. The lowest BCUT2D eigenvalue weighted by atomic mass is 9.92. The van der Waals surface area contributed by atoms with E-state index < -0.39 is 35.6 Å². The monoisotopic (exact) mass is 533 g/mol. The topological polar surface area (TPSA) is 135 Å². The van der Waals surface area contributed by atoms with Gasteiger partial charge in [0.05, 0.1) is 13.0 Å². The van der Waals surface area contributed by atoms with Crippen LogP contribution in [0.5, 0.6) is 0 Å².